The molecule has 7 heteroatoms. The van der Waals surface area contributed by atoms with Gasteiger partial charge in [0.1, 0.15) is 5.69 Å². The minimum atomic E-state index is -0.622. The van der Waals surface area contributed by atoms with E-state index in [4.69, 9.17) is 14.0 Å². The van der Waals surface area contributed by atoms with Gasteiger partial charge in [0.05, 0.1) is 6.61 Å². The van der Waals surface area contributed by atoms with Crippen molar-refractivity contribution in [3.8, 4) is 11.5 Å². The Morgan fingerprint density at radius 3 is 2.82 bits per heavy atom. The predicted molar refractivity (Wildman–Crippen MR) is 79.3 cm³/mol. The van der Waals surface area contributed by atoms with Crippen LogP contribution in [0.4, 0.5) is 0 Å². The van der Waals surface area contributed by atoms with Gasteiger partial charge in [-0.15, -0.1) is 0 Å². The van der Waals surface area contributed by atoms with Crippen LogP contribution < -0.4 is 0 Å². The lowest BCUT2D eigenvalue weighted by Crippen LogP contribution is -2.30. The van der Waals surface area contributed by atoms with Gasteiger partial charge in [-0.3, -0.25) is 5.10 Å². The molecule has 1 fully saturated rings. The monoisotopic (exact) mass is 306 g/mol. The molecule has 7 nitrogen and oxygen atoms in total. The van der Waals surface area contributed by atoms with Crippen molar-refractivity contribution in [1.29, 1.82) is 0 Å². The van der Waals surface area contributed by atoms with Crippen molar-refractivity contribution in [2.24, 2.45) is 0 Å². The summed E-state index contributed by atoms with van der Waals surface area (Å²) in [5.74, 6) is 0.926. The molecule has 0 aromatic carbocycles. The number of rotatable bonds is 4. The number of hydrogen-bond acceptors (Lipinski definition) is 6. The smallest absolute Gasteiger partial charge is 0.261 e. The molecule has 0 spiro atoms. The standard InChI is InChI=1S/C15H22N4O3/c1-14(2,3)11-8-10(17-18-11)12-16-13(22-19-12)15(9-20-4)6-5-7-21-15/h8H,5-7,9H2,1-4H3,(H,17,18). The second kappa shape index (κ2) is 5.48. The zero-order valence-corrected chi connectivity index (χ0v) is 13.5. The van der Waals surface area contributed by atoms with Gasteiger partial charge in [0, 0.05) is 24.8 Å². The third-order valence-electron chi connectivity index (χ3n) is 3.91. The van der Waals surface area contributed by atoms with E-state index >= 15 is 0 Å². The van der Waals surface area contributed by atoms with Crippen molar-refractivity contribution in [2.45, 2.75) is 44.6 Å². The summed E-state index contributed by atoms with van der Waals surface area (Å²) in [6.07, 6.45) is 1.77. The van der Waals surface area contributed by atoms with Crippen LogP contribution in [0.1, 0.15) is 45.2 Å². The Morgan fingerprint density at radius 2 is 2.23 bits per heavy atom. The molecule has 2 aromatic rings. The van der Waals surface area contributed by atoms with E-state index in [2.05, 4.69) is 41.1 Å². The lowest BCUT2D eigenvalue weighted by molar-refractivity contribution is -0.0753. The lowest BCUT2D eigenvalue weighted by atomic mass is 9.92. The predicted octanol–water partition coefficient (Wildman–Crippen LogP) is 2.41. The van der Waals surface area contributed by atoms with Gasteiger partial charge in [-0.25, -0.2) is 0 Å². The fraction of sp³-hybridized carbons (Fsp3) is 0.667. The molecule has 120 valence electrons. The van der Waals surface area contributed by atoms with E-state index in [-0.39, 0.29) is 5.41 Å². The maximum Gasteiger partial charge on any atom is 0.261 e. The average Bonchev–Trinajstić information content (AvgIpc) is 3.18. The van der Waals surface area contributed by atoms with E-state index in [9.17, 15) is 0 Å². The Balaban J connectivity index is 1.89. The summed E-state index contributed by atoms with van der Waals surface area (Å²) in [6, 6.07) is 1.95. The van der Waals surface area contributed by atoms with E-state index in [0.29, 0.717) is 30.6 Å². The zero-order valence-electron chi connectivity index (χ0n) is 13.5. The lowest BCUT2D eigenvalue weighted by Gasteiger charge is -2.22. The molecule has 22 heavy (non-hydrogen) atoms. The molecule has 2 aromatic heterocycles. The van der Waals surface area contributed by atoms with Crippen LogP contribution in [0.5, 0.6) is 0 Å². The number of ether oxygens (including phenoxy) is 2. The third kappa shape index (κ3) is 2.66. The Labute approximate surface area is 129 Å². The SMILES string of the molecule is COCC1(c2nc(-c3cc(C(C)(C)C)[nH]n3)no2)CCCO1. The molecule has 0 radical (unpaired) electrons. The van der Waals surface area contributed by atoms with E-state index < -0.39 is 5.60 Å². The van der Waals surface area contributed by atoms with Crippen LogP contribution in [0.15, 0.2) is 10.6 Å². The molecule has 1 atom stereocenters. The minimum Gasteiger partial charge on any atom is -0.381 e. The quantitative estimate of drug-likeness (QED) is 0.933. The third-order valence-corrected chi connectivity index (χ3v) is 3.91. The van der Waals surface area contributed by atoms with E-state index in [1.54, 1.807) is 7.11 Å². The summed E-state index contributed by atoms with van der Waals surface area (Å²) >= 11 is 0. The molecule has 1 unspecified atom stereocenters. The Hall–Kier alpha value is -1.73. The Bertz CT molecular complexity index is 635. The minimum absolute atomic E-state index is 0.0103. The van der Waals surface area contributed by atoms with Crippen molar-refractivity contribution >= 4 is 0 Å². The van der Waals surface area contributed by atoms with E-state index in [1.807, 2.05) is 6.07 Å². The van der Waals surface area contributed by atoms with Gasteiger partial charge in [-0.2, -0.15) is 10.1 Å². The first kappa shape index (κ1) is 15.2. The molecule has 1 N–H and O–H groups in total. The molecular weight excluding hydrogens is 284 g/mol. The van der Waals surface area contributed by atoms with E-state index in [1.165, 1.54) is 0 Å². The molecule has 1 saturated heterocycles. The van der Waals surface area contributed by atoms with Gasteiger partial charge in [0.25, 0.3) is 5.89 Å². The molecule has 0 saturated carbocycles. The fourth-order valence-electron chi connectivity index (χ4n) is 2.61. The summed E-state index contributed by atoms with van der Waals surface area (Å²) in [7, 11) is 1.64. The van der Waals surface area contributed by atoms with Crippen molar-refractivity contribution in [3.63, 3.8) is 0 Å². The highest BCUT2D eigenvalue weighted by atomic mass is 16.6. The molecule has 1 aliphatic heterocycles. The van der Waals surface area contributed by atoms with Gasteiger partial charge in [0.2, 0.25) is 5.82 Å². The number of methoxy groups -OCH3 is 1. The van der Waals surface area contributed by atoms with Crippen LogP contribution >= 0.6 is 0 Å². The molecule has 3 rings (SSSR count). The Kier molecular flexibility index (Phi) is 3.78. The zero-order chi connectivity index (χ0) is 15.8. The normalized spacial score (nSPS) is 22.4. The highest BCUT2D eigenvalue weighted by Gasteiger charge is 2.43. The van der Waals surface area contributed by atoms with Gasteiger partial charge in [-0.05, 0) is 18.9 Å². The largest absolute Gasteiger partial charge is 0.381 e. The highest BCUT2D eigenvalue weighted by molar-refractivity contribution is 5.49. The number of aromatic nitrogens is 4. The molecule has 3 heterocycles. The number of nitrogens with one attached hydrogen (secondary N) is 1. The van der Waals surface area contributed by atoms with Crippen LogP contribution in [0.25, 0.3) is 11.5 Å². The summed E-state index contributed by atoms with van der Waals surface area (Å²) in [5.41, 5.74) is 1.07. The van der Waals surface area contributed by atoms with Gasteiger partial charge < -0.3 is 14.0 Å². The van der Waals surface area contributed by atoms with Crippen molar-refractivity contribution in [2.75, 3.05) is 20.3 Å². The number of nitrogens with zero attached hydrogens (tertiary/aromatic N) is 3. The van der Waals surface area contributed by atoms with Crippen LogP contribution in [0, 0.1) is 0 Å². The molecule has 0 amide bonds. The van der Waals surface area contributed by atoms with Crippen molar-refractivity contribution < 1.29 is 14.0 Å². The summed E-state index contributed by atoms with van der Waals surface area (Å²) in [6.45, 7) is 7.43. The second-order valence-electron chi connectivity index (χ2n) is 6.72. The van der Waals surface area contributed by atoms with Gasteiger partial charge in [-0.1, -0.05) is 25.9 Å². The number of hydrogen-bond donors (Lipinski definition) is 1. The summed E-state index contributed by atoms with van der Waals surface area (Å²) < 4.78 is 16.5. The molecule has 0 aliphatic carbocycles. The molecular formula is C15H22N4O3. The summed E-state index contributed by atoms with van der Waals surface area (Å²) in [4.78, 5) is 4.48. The fourth-order valence-corrected chi connectivity index (χ4v) is 2.61. The first-order valence-corrected chi connectivity index (χ1v) is 7.48. The number of aromatic amines is 1. The van der Waals surface area contributed by atoms with Crippen molar-refractivity contribution in [3.05, 3.63) is 17.7 Å². The molecule has 1 aliphatic rings. The topological polar surface area (TPSA) is 86.1 Å². The van der Waals surface area contributed by atoms with Crippen molar-refractivity contribution in [1.82, 2.24) is 20.3 Å². The first-order chi connectivity index (χ1) is 10.4. The molecule has 0 bridgehead atoms. The number of H-pyrrole nitrogens is 1. The second-order valence-corrected chi connectivity index (χ2v) is 6.72. The first-order valence-electron chi connectivity index (χ1n) is 7.48. The van der Waals surface area contributed by atoms with Crippen LogP contribution in [-0.4, -0.2) is 40.7 Å². The van der Waals surface area contributed by atoms with Crippen LogP contribution in [0.3, 0.4) is 0 Å². The Morgan fingerprint density at radius 1 is 1.41 bits per heavy atom. The van der Waals surface area contributed by atoms with Gasteiger partial charge in [0.15, 0.2) is 5.60 Å². The summed E-state index contributed by atoms with van der Waals surface area (Å²) in [5, 5.41) is 11.4. The highest BCUT2D eigenvalue weighted by Crippen LogP contribution is 2.36. The van der Waals surface area contributed by atoms with Crippen LogP contribution in [0.2, 0.25) is 0 Å². The maximum absolute atomic E-state index is 5.83. The average molecular weight is 306 g/mol. The van der Waals surface area contributed by atoms with Crippen LogP contribution in [-0.2, 0) is 20.5 Å². The van der Waals surface area contributed by atoms with Gasteiger partial charge >= 0.3 is 0 Å². The van der Waals surface area contributed by atoms with E-state index in [0.717, 1.165) is 18.5 Å². The maximum atomic E-state index is 5.83.